The van der Waals surface area contributed by atoms with Gasteiger partial charge in [-0.05, 0) is 48.9 Å². The Kier molecular flexibility index (Phi) is 5.03. The zero-order chi connectivity index (χ0) is 14.4. The third-order valence-corrected chi connectivity index (χ3v) is 3.44. The van der Waals surface area contributed by atoms with Crippen LogP contribution in [-0.4, -0.2) is 6.61 Å². The van der Waals surface area contributed by atoms with Gasteiger partial charge in [0.25, 0.3) is 0 Å². The summed E-state index contributed by atoms with van der Waals surface area (Å²) in [5.74, 6) is 0.714. The lowest BCUT2D eigenvalue weighted by molar-refractivity contribution is 0.368. The van der Waals surface area contributed by atoms with Crippen LogP contribution in [-0.2, 0) is 0 Å². The first-order valence-electron chi connectivity index (χ1n) is 6.31. The molecule has 0 aliphatic rings. The summed E-state index contributed by atoms with van der Waals surface area (Å²) in [5, 5.41) is 11.9. The van der Waals surface area contributed by atoms with E-state index in [1.807, 2.05) is 54.6 Å². The standard InChI is InChI=1S/C16H15BrN2O/c1-12(19-15-6-4-14(17)5-7-15)13-2-8-16(9-3-13)20-11-10-18/h2-9,12,19H,11H2,1H3. The minimum Gasteiger partial charge on any atom is -0.479 e. The number of hydrogen-bond donors (Lipinski definition) is 1. The number of nitrogens with one attached hydrogen (secondary N) is 1. The molecule has 0 saturated carbocycles. The fraction of sp³-hybridized carbons (Fsp3) is 0.188. The van der Waals surface area contributed by atoms with Crippen molar-refractivity contribution in [3.05, 3.63) is 58.6 Å². The van der Waals surface area contributed by atoms with Gasteiger partial charge in [0.2, 0.25) is 0 Å². The summed E-state index contributed by atoms with van der Waals surface area (Å²) in [4.78, 5) is 0. The molecule has 2 rings (SSSR count). The number of anilines is 1. The van der Waals surface area contributed by atoms with Crippen molar-refractivity contribution in [1.82, 2.24) is 0 Å². The van der Waals surface area contributed by atoms with Gasteiger partial charge in [0, 0.05) is 16.2 Å². The average molecular weight is 331 g/mol. The van der Waals surface area contributed by atoms with E-state index < -0.39 is 0 Å². The quantitative estimate of drug-likeness (QED) is 0.876. The van der Waals surface area contributed by atoms with Crippen molar-refractivity contribution in [2.75, 3.05) is 11.9 Å². The molecule has 102 valence electrons. The number of ether oxygens (including phenoxy) is 1. The van der Waals surface area contributed by atoms with Crippen LogP contribution in [0.5, 0.6) is 5.75 Å². The van der Waals surface area contributed by atoms with Crippen LogP contribution < -0.4 is 10.1 Å². The van der Waals surface area contributed by atoms with E-state index in [4.69, 9.17) is 10.00 Å². The Bertz CT molecular complexity index is 587. The first kappa shape index (κ1) is 14.4. The Balaban J connectivity index is 2.00. The summed E-state index contributed by atoms with van der Waals surface area (Å²) < 4.78 is 6.30. The lowest BCUT2D eigenvalue weighted by Crippen LogP contribution is -2.06. The third kappa shape index (κ3) is 4.01. The molecule has 2 aromatic rings. The van der Waals surface area contributed by atoms with Crippen LogP contribution in [0.1, 0.15) is 18.5 Å². The Morgan fingerprint density at radius 1 is 1.15 bits per heavy atom. The molecule has 3 nitrogen and oxygen atoms in total. The third-order valence-electron chi connectivity index (χ3n) is 2.91. The molecular weight excluding hydrogens is 316 g/mol. The van der Waals surface area contributed by atoms with Crippen molar-refractivity contribution in [3.8, 4) is 11.8 Å². The Labute approximate surface area is 127 Å². The van der Waals surface area contributed by atoms with Gasteiger partial charge in [-0.3, -0.25) is 0 Å². The van der Waals surface area contributed by atoms with E-state index in [1.165, 1.54) is 0 Å². The molecule has 0 fully saturated rings. The Hall–Kier alpha value is -1.99. The molecular formula is C16H15BrN2O. The number of halogens is 1. The molecule has 20 heavy (non-hydrogen) atoms. The molecule has 0 aliphatic carbocycles. The predicted molar refractivity (Wildman–Crippen MR) is 83.7 cm³/mol. The van der Waals surface area contributed by atoms with Gasteiger partial charge in [-0.2, -0.15) is 5.26 Å². The van der Waals surface area contributed by atoms with Crippen LogP contribution in [0.25, 0.3) is 0 Å². The Morgan fingerprint density at radius 3 is 2.40 bits per heavy atom. The van der Waals surface area contributed by atoms with Crippen molar-refractivity contribution in [3.63, 3.8) is 0 Å². The van der Waals surface area contributed by atoms with E-state index >= 15 is 0 Å². The second-order valence-electron chi connectivity index (χ2n) is 4.39. The molecule has 0 amide bonds. The largest absolute Gasteiger partial charge is 0.479 e. The minimum atomic E-state index is 0.0754. The molecule has 1 atom stereocenters. The maximum atomic E-state index is 8.47. The highest BCUT2D eigenvalue weighted by atomic mass is 79.9. The fourth-order valence-electron chi connectivity index (χ4n) is 1.85. The van der Waals surface area contributed by atoms with Crippen LogP contribution in [0.2, 0.25) is 0 Å². The molecule has 2 aromatic carbocycles. The summed E-state index contributed by atoms with van der Waals surface area (Å²) in [6.45, 7) is 2.18. The van der Waals surface area contributed by atoms with E-state index in [1.54, 1.807) is 0 Å². The molecule has 4 heteroatoms. The summed E-state index contributed by atoms with van der Waals surface area (Å²) in [5.41, 5.74) is 2.24. The minimum absolute atomic E-state index is 0.0754. The normalized spacial score (nSPS) is 11.4. The maximum absolute atomic E-state index is 8.47. The SMILES string of the molecule is CC(Nc1ccc(Br)cc1)c1ccc(OCC#N)cc1. The number of rotatable bonds is 5. The molecule has 0 radical (unpaired) electrons. The zero-order valence-electron chi connectivity index (χ0n) is 11.1. The monoisotopic (exact) mass is 330 g/mol. The van der Waals surface area contributed by atoms with Crippen LogP contribution in [0, 0.1) is 11.3 Å². The van der Waals surface area contributed by atoms with E-state index in [-0.39, 0.29) is 12.6 Å². The fourth-order valence-corrected chi connectivity index (χ4v) is 2.11. The highest BCUT2D eigenvalue weighted by Crippen LogP contribution is 2.22. The molecule has 0 aliphatic heterocycles. The van der Waals surface area contributed by atoms with Gasteiger partial charge in [0.1, 0.15) is 11.8 Å². The van der Waals surface area contributed by atoms with Crippen molar-refractivity contribution in [2.45, 2.75) is 13.0 Å². The Morgan fingerprint density at radius 2 is 1.80 bits per heavy atom. The molecule has 0 heterocycles. The van der Waals surface area contributed by atoms with Crippen molar-refractivity contribution in [1.29, 1.82) is 5.26 Å². The van der Waals surface area contributed by atoms with Crippen molar-refractivity contribution >= 4 is 21.6 Å². The number of nitriles is 1. The highest BCUT2D eigenvalue weighted by molar-refractivity contribution is 9.10. The number of benzene rings is 2. The molecule has 0 aromatic heterocycles. The van der Waals surface area contributed by atoms with Crippen LogP contribution in [0.15, 0.2) is 53.0 Å². The van der Waals surface area contributed by atoms with Gasteiger partial charge < -0.3 is 10.1 Å². The highest BCUT2D eigenvalue weighted by Gasteiger charge is 2.05. The van der Waals surface area contributed by atoms with Gasteiger partial charge >= 0.3 is 0 Å². The molecule has 1 unspecified atom stereocenters. The summed E-state index contributed by atoms with van der Waals surface area (Å²) in [6, 6.07) is 18.0. The topological polar surface area (TPSA) is 45.0 Å². The van der Waals surface area contributed by atoms with E-state index in [9.17, 15) is 0 Å². The average Bonchev–Trinajstić information content (AvgIpc) is 2.48. The van der Waals surface area contributed by atoms with Crippen molar-refractivity contribution in [2.24, 2.45) is 0 Å². The van der Waals surface area contributed by atoms with E-state index in [0.717, 1.165) is 15.7 Å². The summed E-state index contributed by atoms with van der Waals surface area (Å²) >= 11 is 3.42. The van der Waals surface area contributed by atoms with Crippen LogP contribution in [0.3, 0.4) is 0 Å². The summed E-state index contributed by atoms with van der Waals surface area (Å²) in [7, 11) is 0. The second kappa shape index (κ2) is 6.97. The van der Waals surface area contributed by atoms with Gasteiger partial charge in [0.15, 0.2) is 6.61 Å². The molecule has 0 saturated heterocycles. The van der Waals surface area contributed by atoms with E-state index in [2.05, 4.69) is 28.2 Å². The molecule has 0 bridgehead atoms. The first-order valence-corrected chi connectivity index (χ1v) is 7.10. The maximum Gasteiger partial charge on any atom is 0.174 e. The van der Waals surface area contributed by atoms with Crippen molar-refractivity contribution < 1.29 is 4.74 Å². The lowest BCUT2D eigenvalue weighted by atomic mass is 10.1. The first-order chi connectivity index (χ1) is 9.69. The van der Waals surface area contributed by atoms with Gasteiger partial charge in [-0.1, -0.05) is 28.1 Å². The van der Waals surface area contributed by atoms with Crippen LogP contribution >= 0.6 is 15.9 Å². The lowest BCUT2D eigenvalue weighted by Gasteiger charge is -2.16. The molecule has 1 N–H and O–H groups in total. The zero-order valence-corrected chi connectivity index (χ0v) is 12.7. The number of hydrogen-bond acceptors (Lipinski definition) is 3. The second-order valence-corrected chi connectivity index (χ2v) is 5.30. The smallest absolute Gasteiger partial charge is 0.174 e. The van der Waals surface area contributed by atoms with Gasteiger partial charge in [-0.15, -0.1) is 0 Å². The number of nitrogens with zero attached hydrogens (tertiary/aromatic N) is 1. The predicted octanol–water partition coefficient (Wildman–Crippen LogP) is 4.52. The molecule has 0 spiro atoms. The van der Waals surface area contributed by atoms with E-state index in [0.29, 0.717) is 5.75 Å². The van der Waals surface area contributed by atoms with Gasteiger partial charge in [0.05, 0.1) is 0 Å². The van der Waals surface area contributed by atoms with Gasteiger partial charge in [-0.25, -0.2) is 0 Å². The summed E-state index contributed by atoms with van der Waals surface area (Å²) in [6.07, 6.45) is 0. The van der Waals surface area contributed by atoms with Crippen LogP contribution in [0.4, 0.5) is 5.69 Å².